The van der Waals surface area contributed by atoms with Gasteiger partial charge in [0.05, 0.1) is 0 Å². The van der Waals surface area contributed by atoms with E-state index in [4.69, 9.17) is 0 Å². The standard InChI is InChI=1S/C13H23N3/c1-8(2)11(6)15-12-7-10(5)14-13(16-12)9(3)4/h7-9,11H,1-6H3,(H,14,15,16). The lowest BCUT2D eigenvalue weighted by Crippen LogP contribution is -2.22. The zero-order valence-electron chi connectivity index (χ0n) is 11.2. The van der Waals surface area contributed by atoms with E-state index in [2.05, 4.69) is 49.9 Å². The summed E-state index contributed by atoms with van der Waals surface area (Å²) < 4.78 is 0. The molecule has 1 N–H and O–H groups in total. The van der Waals surface area contributed by atoms with Crippen LogP contribution in [-0.2, 0) is 0 Å². The highest BCUT2D eigenvalue weighted by Crippen LogP contribution is 2.15. The van der Waals surface area contributed by atoms with Gasteiger partial charge in [0.1, 0.15) is 11.6 Å². The molecule has 1 unspecified atom stereocenters. The molecule has 16 heavy (non-hydrogen) atoms. The molecule has 1 atom stereocenters. The van der Waals surface area contributed by atoms with Crippen molar-refractivity contribution >= 4 is 5.82 Å². The zero-order valence-corrected chi connectivity index (χ0v) is 11.2. The summed E-state index contributed by atoms with van der Waals surface area (Å²) in [6.07, 6.45) is 0. The summed E-state index contributed by atoms with van der Waals surface area (Å²) in [6.45, 7) is 12.8. The van der Waals surface area contributed by atoms with Crippen molar-refractivity contribution in [2.45, 2.75) is 53.5 Å². The summed E-state index contributed by atoms with van der Waals surface area (Å²) in [5.74, 6) is 2.82. The molecule has 0 radical (unpaired) electrons. The molecule has 1 rings (SSSR count). The number of hydrogen-bond acceptors (Lipinski definition) is 3. The molecule has 3 nitrogen and oxygen atoms in total. The Bertz CT molecular complexity index is 345. The van der Waals surface area contributed by atoms with Crippen molar-refractivity contribution in [2.75, 3.05) is 5.32 Å². The van der Waals surface area contributed by atoms with Crippen molar-refractivity contribution < 1.29 is 0 Å². The number of nitrogens with one attached hydrogen (secondary N) is 1. The lowest BCUT2D eigenvalue weighted by Gasteiger charge is -2.19. The molecular weight excluding hydrogens is 198 g/mol. The van der Waals surface area contributed by atoms with Crippen LogP contribution in [-0.4, -0.2) is 16.0 Å². The van der Waals surface area contributed by atoms with Crippen LogP contribution in [0.4, 0.5) is 5.82 Å². The van der Waals surface area contributed by atoms with Crippen LogP contribution in [0.15, 0.2) is 6.07 Å². The third-order valence-electron chi connectivity index (χ3n) is 2.76. The fourth-order valence-corrected chi connectivity index (χ4v) is 1.32. The fourth-order valence-electron chi connectivity index (χ4n) is 1.32. The number of nitrogens with zero attached hydrogens (tertiary/aromatic N) is 2. The molecule has 3 heteroatoms. The molecule has 90 valence electrons. The average molecular weight is 221 g/mol. The Hall–Kier alpha value is -1.12. The van der Waals surface area contributed by atoms with Crippen molar-refractivity contribution in [1.29, 1.82) is 0 Å². The van der Waals surface area contributed by atoms with Crippen LogP contribution >= 0.6 is 0 Å². The number of hydrogen-bond donors (Lipinski definition) is 1. The molecular formula is C13H23N3. The quantitative estimate of drug-likeness (QED) is 0.847. The molecule has 0 aliphatic rings. The summed E-state index contributed by atoms with van der Waals surface area (Å²) in [5, 5.41) is 3.43. The third kappa shape index (κ3) is 3.47. The maximum atomic E-state index is 4.53. The van der Waals surface area contributed by atoms with Gasteiger partial charge in [0, 0.05) is 23.7 Å². The molecule has 0 aromatic carbocycles. The smallest absolute Gasteiger partial charge is 0.133 e. The Labute approximate surface area is 98.7 Å². The number of anilines is 1. The van der Waals surface area contributed by atoms with E-state index >= 15 is 0 Å². The first kappa shape index (κ1) is 12.9. The molecule has 0 fully saturated rings. The second-order valence-electron chi connectivity index (χ2n) is 5.08. The van der Waals surface area contributed by atoms with Gasteiger partial charge in [0.15, 0.2) is 0 Å². The van der Waals surface area contributed by atoms with Gasteiger partial charge in [-0.3, -0.25) is 0 Å². The second-order valence-corrected chi connectivity index (χ2v) is 5.08. The van der Waals surface area contributed by atoms with Crippen LogP contribution in [0, 0.1) is 12.8 Å². The van der Waals surface area contributed by atoms with Crippen molar-refractivity contribution in [2.24, 2.45) is 5.92 Å². The predicted molar refractivity (Wildman–Crippen MR) is 68.8 cm³/mol. The lowest BCUT2D eigenvalue weighted by atomic mass is 10.1. The Balaban J connectivity index is 2.88. The number of aromatic nitrogens is 2. The van der Waals surface area contributed by atoms with E-state index < -0.39 is 0 Å². The lowest BCUT2D eigenvalue weighted by molar-refractivity contribution is 0.557. The first-order valence-electron chi connectivity index (χ1n) is 6.02. The van der Waals surface area contributed by atoms with Crippen LogP contribution in [0.5, 0.6) is 0 Å². The largest absolute Gasteiger partial charge is 0.367 e. The number of aryl methyl sites for hydroxylation is 1. The Kier molecular flexibility index (Phi) is 4.27. The fraction of sp³-hybridized carbons (Fsp3) is 0.692. The molecule has 0 aliphatic heterocycles. The van der Waals surface area contributed by atoms with Crippen molar-refractivity contribution in [3.63, 3.8) is 0 Å². The summed E-state index contributed by atoms with van der Waals surface area (Å²) >= 11 is 0. The summed E-state index contributed by atoms with van der Waals surface area (Å²) in [4.78, 5) is 8.97. The van der Waals surface area contributed by atoms with Crippen LogP contribution in [0.2, 0.25) is 0 Å². The van der Waals surface area contributed by atoms with E-state index in [1.807, 2.05) is 13.0 Å². The Morgan fingerprint density at radius 2 is 1.69 bits per heavy atom. The minimum atomic E-state index is 0.370. The third-order valence-corrected chi connectivity index (χ3v) is 2.76. The maximum absolute atomic E-state index is 4.53. The van der Waals surface area contributed by atoms with Crippen LogP contribution < -0.4 is 5.32 Å². The predicted octanol–water partition coefficient (Wildman–Crippen LogP) is 3.36. The van der Waals surface area contributed by atoms with Gasteiger partial charge >= 0.3 is 0 Å². The highest BCUT2D eigenvalue weighted by Gasteiger charge is 2.10. The van der Waals surface area contributed by atoms with E-state index in [0.717, 1.165) is 17.3 Å². The van der Waals surface area contributed by atoms with E-state index in [0.29, 0.717) is 17.9 Å². The molecule has 1 aromatic rings. The van der Waals surface area contributed by atoms with E-state index in [1.165, 1.54) is 0 Å². The maximum Gasteiger partial charge on any atom is 0.133 e. The van der Waals surface area contributed by atoms with E-state index in [-0.39, 0.29) is 0 Å². The highest BCUT2D eigenvalue weighted by atomic mass is 15.0. The van der Waals surface area contributed by atoms with Gasteiger partial charge in [-0.15, -0.1) is 0 Å². The van der Waals surface area contributed by atoms with Gasteiger partial charge in [-0.1, -0.05) is 27.7 Å². The van der Waals surface area contributed by atoms with Gasteiger partial charge < -0.3 is 5.32 Å². The monoisotopic (exact) mass is 221 g/mol. The Morgan fingerprint density at radius 3 is 2.19 bits per heavy atom. The molecule has 1 heterocycles. The van der Waals surface area contributed by atoms with Gasteiger partial charge in [-0.2, -0.15) is 0 Å². The van der Waals surface area contributed by atoms with Crippen LogP contribution in [0.25, 0.3) is 0 Å². The van der Waals surface area contributed by atoms with Crippen molar-refractivity contribution in [3.05, 3.63) is 17.6 Å². The summed E-state index contributed by atoms with van der Waals surface area (Å²) in [7, 11) is 0. The van der Waals surface area contributed by atoms with Gasteiger partial charge in [-0.25, -0.2) is 9.97 Å². The molecule has 0 spiro atoms. The minimum Gasteiger partial charge on any atom is -0.367 e. The van der Waals surface area contributed by atoms with Gasteiger partial charge in [-0.05, 0) is 19.8 Å². The van der Waals surface area contributed by atoms with Gasteiger partial charge in [0.2, 0.25) is 0 Å². The molecule has 1 aromatic heterocycles. The SMILES string of the molecule is Cc1cc(NC(C)C(C)C)nc(C(C)C)n1. The first-order valence-corrected chi connectivity index (χ1v) is 6.02. The topological polar surface area (TPSA) is 37.8 Å². The summed E-state index contributed by atoms with van der Waals surface area (Å²) in [5.41, 5.74) is 1.03. The van der Waals surface area contributed by atoms with E-state index in [1.54, 1.807) is 0 Å². The van der Waals surface area contributed by atoms with Gasteiger partial charge in [0.25, 0.3) is 0 Å². The normalized spacial score (nSPS) is 13.2. The van der Waals surface area contributed by atoms with Crippen LogP contribution in [0.3, 0.4) is 0 Å². The molecule has 0 saturated carbocycles. The zero-order chi connectivity index (χ0) is 12.3. The minimum absolute atomic E-state index is 0.370. The molecule has 0 bridgehead atoms. The van der Waals surface area contributed by atoms with E-state index in [9.17, 15) is 0 Å². The molecule has 0 amide bonds. The molecule has 0 aliphatic carbocycles. The second kappa shape index (κ2) is 5.28. The first-order chi connectivity index (χ1) is 7.40. The van der Waals surface area contributed by atoms with Crippen molar-refractivity contribution in [3.8, 4) is 0 Å². The van der Waals surface area contributed by atoms with Crippen LogP contribution in [0.1, 0.15) is 52.1 Å². The molecule has 0 saturated heterocycles. The summed E-state index contributed by atoms with van der Waals surface area (Å²) in [6, 6.07) is 2.43. The highest BCUT2D eigenvalue weighted by molar-refractivity contribution is 5.37. The Morgan fingerprint density at radius 1 is 1.06 bits per heavy atom. The number of rotatable bonds is 4. The van der Waals surface area contributed by atoms with Crippen molar-refractivity contribution in [1.82, 2.24) is 9.97 Å². The average Bonchev–Trinajstić information content (AvgIpc) is 2.16.